The molecule has 1 saturated heterocycles. The van der Waals surface area contributed by atoms with Crippen molar-refractivity contribution in [2.45, 2.75) is 11.0 Å². The number of halogens is 2. The van der Waals surface area contributed by atoms with Crippen LogP contribution in [0.25, 0.3) is 0 Å². The Balaban J connectivity index is 1.51. The summed E-state index contributed by atoms with van der Waals surface area (Å²) < 4.78 is 33.5. The third-order valence-corrected chi connectivity index (χ3v) is 8.79. The number of hydrogen-bond acceptors (Lipinski definition) is 6. The van der Waals surface area contributed by atoms with Crippen LogP contribution in [-0.2, 0) is 14.8 Å². The van der Waals surface area contributed by atoms with E-state index in [1.165, 1.54) is 30.5 Å². The molecule has 182 valence electrons. The number of amides is 1. The number of rotatable bonds is 9. The lowest BCUT2D eigenvalue weighted by atomic mass is 10.2. The summed E-state index contributed by atoms with van der Waals surface area (Å²) in [7, 11) is -4.12. The number of thioether (sulfide) groups is 1. The van der Waals surface area contributed by atoms with Crippen molar-refractivity contribution in [3.05, 3.63) is 88.4 Å². The normalized spacial score (nSPS) is 13.9. The fraction of sp³-hybridized carbons (Fsp3) is 0.167. The largest absolute Gasteiger partial charge is 0.489 e. The van der Waals surface area contributed by atoms with Crippen molar-refractivity contribution < 1.29 is 17.9 Å². The Morgan fingerprint density at radius 3 is 2.54 bits per heavy atom. The quantitative estimate of drug-likeness (QED) is 0.305. The van der Waals surface area contributed by atoms with Gasteiger partial charge in [0.2, 0.25) is 0 Å². The van der Waals surface area contributed by atoms with Gasteiger partial charge in [-0.2, -0.15) is 16.9 Å². The maximum atomic E-state index is 13.4. The average molecular weight is 550 g/mol. The molecule has 0 radical (unpaired) electrons. The van der Waals surface area contributed by atoms with Crippen molar-refractivity contribution in [1.29, 1.82) is 0 Å². The molecule has 0 saturated carbocycles. The van der Waals surface area contributed by atoms with E-state index in [2.05, 4.69) is 10.5 Å². The van der Waals surface area contributed by atoms with Crippen LogP contribution in [0.15, 0.2) is 82.8 Å². The fourth-order valence-electron chi connectivity index (χ4n) is 3.19. The third-order valence-electron chi connectivity index (χ3n) is 4.99. The van der Waals surface area contributed by atoms with E-state index in [4.69, 9.17) is 27.9 Å². The van der Waals surface area contributed by atoms with Crippen molar-refractivity contribution in [3.8, 4) is 5.75 Å². The molecule has 1 amide bonds. The van der Waals surface area contributed by atoms with Gasteiger partial charge in [0.05, 0.1) is 26.8 Å². The van der Waals surface area contributed by atoms with Gasteiger partial charge in [-0.25, -0.2) is 13.8 Å². The first-order valence-corrected chi connectivity index (χ1v) is 13.9. The van der Waals surface area contributed by atoms with E-state index in [0.717, 1.165) is 27.1 Å². The first kappa shape index (κ1) is 25.4. The molecular weight excluding hydrogens is 529 g/mol. The first-order chi connectivity index (χ1) is 16.8. The number of carbonyl (C=O) groups is 1. The predicted octanol–water partition coefficient (Wildman–Crippen LogP) is 4.83. The van der Waals surface area contributed by atoms with Gasteiger partial charge in [-0.1, -0.05) is 59.6 Å². The Morgan fingerprint density at radius 1 is 1.09 bits per heavy atom. The van der Waals surface area contributed by atoms with Crippen molar-refractivity contribution in [2.75, 3.05) is 22.4 Å². The Hall–Kier alpha value is -2.72. The molecule has 11 heteroatoms. The van der Waals surface area contributed by atoms with Gasteiger partial charge < -0.3 is 4.74 Å². The highest BCUT2D eigenvalue weighted by Crippen LogP contribution is 2.35. The Labute approximate surface area is 218 Å². The lowest BCUT2D eigenvalue weighted by Gasteiger charge is -2.25. The minimum absolute atomic E-state index is 0.00835. The SMILES string of the molecule is O=C(CN(c1cccc(Cl)c1Cl)S(=O)(=O)c1ccccc1)N/N=C\c1cccc(OC2CSC2)c1. The van der Waals surface area contributed by atoms with Crippen LogP contribution in [0.2, 0.25) is 10.0 Å². The number of benzene rings is 3. The van der Waals surface area contributed by atoms with Gasteiger partial charge in [-0.05, 0) is 42.0 Å². The number of hydrogen-bond donors (Lipinski definition) is 1. The molecule has 0 aliphatic carbocycles. The van der Waals surface area contributed by atoms with Crippen LogP contribution in [0.3, 0.4) is 0 Å². The predicted molar refractivity (Wildman–Crippen MR) is 141 cm³/mol. The zero-order valence-corrected chi connectivity index (χ0v) is 21.4. The topological polar surface area (TPSA) is 88.1 Å². The number of nitrogens with zero attached hydrogens (tertiary/aromatic N) is 2. The van der Waals surface area contributed by atoms with E-state index in [1.807, 2.05) is 36.0 Å². The van der Waals surface area contributed by atoms with E-state index in [9.17, 15) is 13.2 Å². The molecule has 0 atom stereocenters. The highest BCUT2D eigenvalue weighted by molar-refractivity contribution is 8.00. The lowest BCUT2D eigenvalue weighted by Crippen LogP contribution is -2.39. The maximum absolute atomic E-state index is 13.4. The summed E-state index contributed by atoms with van der Waals surface area (Å²) >= 11 is 14.2. The molecule has 0 bridgehead atoms. The summed E-state index contributed by atoms with van der Waals surface area (Å²) in [4.78, 5) is 12.7. The van der Waals surface area contributed by atoms with Crippen LogP contribution >= 0.6 is 35.0 Å². The number of ether oxygens (including phenoxy) is 1. The molecule has 0 spiro atoms. The van der Waals surface area contributed by atoms with Gasteiger partial charge in [0, 0.05) is 11.5 Å². The van der Waals surface area contributed by atoms with Crippen LogP contribution in [0, 0.1) is 0 Å². The van der Waals surface area contributed by atoms with E-state index in [-0.39, 0.29) is 26.7 Å². The molecule has 1 N–H and O–H groups in total. The standard InChI is InChI=1S/C24H21Cl2N3O4S2/c25-21-10-5-11-22(24(21)26)29(35(31,32)20-8-2-1-3-9-20)14-23(30)28-27-13-17-6-4-7-18(12-17)33-19-15-34-16-19/h1-13,19H,14-16H2,(H,28,30)/b27-13-. The van der Waals surface area contributed by atoms with Gasteiger partial charge in [-0.15, -0.1) is 0 Å². The minimum Gasteiger partial charge on any atom is -0.489 e. The van der Waals surface area contributed by atoms with Gasteiger partial charge >= 0.3 is 0 Å². The van der Waals surface area contributed by atoms with Crippen LogP contribution in [0.4, 0.5) is 5.69 Å². The second kappa shape index (κ2) is 11.3. The Morgan fingerprint density at radius 2 is 1.83 bits per heavy atom. The van der Waals surface area contributed by atoms with Crippen molar-refractivity contribution in [1.82, 2.24) is 5.43 Å². The first-order valence-electron chi connectivity index (χ1n) is 10.5. The van der Waals surface area contributed by atoms with Gasteiger partial charge in [0.15, 0.2) is 0 Å². The van der Waals surface area contributed by atoms with Crippen LogP contribution in [-0.4, -0.2) is 44.7 Å². The molecule has 0 aromatic heterocycles. The van der Waals surface area contributed by atoms with Gasteiger partial charge in [-0.3, -0.25) is 9.10 Å². The molecule has 1 aliphatic heterocycles. The molecule has 1 aliphatic rings. The smallest absolute Gasteiger partial charge is 0.264 e. The zero-order valence-electron chi connectivity index (χ0n) is 18.3. The summed E-state index contributed by atoms with van der Waals surface area (Å²) in [6.45, 7) is -0.558. The Bertz CT molecular complexity index is 1330. The molecular formula is C24H21Cl2N3O4S2. The third kappa shape index (κ3) is 6.29. The molecule has 1 heterocycles. The highest BCUT2D eigenvalue weighted by Gasteiger charge is 2.29. The van der Waals surface area contributed by atoms with Crippen molar-refractivity contribution >= 4 is 62.8 Å². The summed E-state index contributed by atoms with van der Waals surface area (Å²) in [5.74, 6) is 2.00. The van der Waals surface area contributed by atoms with Crippen LogP contribution < -0.4 is 14.5 Å². The number of hydrazone groups is 1. The second-order valence-electron chi connectivity index (χ2n) is 7.54. The number of nitrogens with one attached hydrogen (secondary N) is 1. The van der Waals surface area contributed by atoms with E-state index < -0.39 is 22.5 Å². The molecule has 0 unspecified atom stereocenters. The summed E-state index contributed by atoms with van der Waals surface area (Å²) in [6.07, 6.45) is 1.67. The summed E-state index contributed by atoms with van der Waals surface area (Å²) in [5.41, 5.74) is 3.18. The Kier molecular flexibility index (Phi) is 8.22. The molecule has 3 aromatic rings. The van der Waals surface area contributed by atoms with E-state index in [0.29, 0.717) is 0 Å². The van der Waals surface area contributed by atoms with Gasteiger partial charge in [0.25, 0.3) is 15.9 Å². The molecule has 1 fully saturated rings. The molecule has 4 rings (SSSR count). The number of anilines is 1. The van der Waals surface area contributed by atoms with E-state index in [1.54, 1.807) is 24.3 Å². The van der Waals surface area contributed by atoms with Crippen molar-refractivity contribution in [3.63, 3.8) is 0 Å². The fourth-order valence-corrected chi connectivity index (χ4v) is 5.66. The molecule has 35 heavy (non-hydrogen) atoms. The highest BCUT2D eigenvalue weighted by atomic mass is 35.5. The zero-order chi connectivity index (χ0) is 24.8. The lowest BCUT2D eigenvalue weighted by molar-refractivity contribution is -0.119. The summed E-state index contributed by atoms with van der Waals surface area (Å²) in [6, 6.07) is 19.7. The summed E-state index contributed by atoms with van der Waals surface area (Å²) in [5, 5.41) is 4.16. The van der Waals surface area contributed by atoms with Gasteiger partial charge in [0.1, 0.15) is 18.4 Å². The number of sulfonamides is 1. The number of carbonyl (C=O) groups excluding carboxylic acids is 1. The monoisotopic (exact) mass is 549 g/mol. The van der Waals surface area contributed by atoms with E-state index >= 15 is 0 Å². The minimum atomic E-state index is -4.12. The van der Waals surface area contributed by atoms with Crippen LogP contribution in [0.5, 0.6) is 5.75 Å². The van der Waals surface area contributed by atoms with Crippen LogP contribution in [0.1, 0.15) is 5.56 Å². The molecule has 7 nitrogen and oxygen atoms in total. The second-order valence-corrected chi connectivity index (χ2v) is 11.3. The average Bonchev–Trinajstić information content (AvgIpc) is 2.83. The maximum Gasteiger partial charge on any atom is 0.264 e. The van der Waals surface area contributed by atoms with Crippen molar-refractivity contribution in [2.24, 2.45) is 5.10 Å². The molecule has 3 aromatic carbocycles.